The molecular weight excluding hydrogens is 687 g/mol. The molecule has 3 unspecified atom stereocenters. The van der Waals surface area contributed by atoms with Crippen LogP contribution in [0.4, 0.5) is 0 Å². The summed E-state index contributed by atoms with van der Waals surface area (Å²) in [5, 5.41) is 2.17. The van der Waals surface area contributed by atoms with E-state index >= 15 is 0 Å². The first-order chi connectivity index (χ1) is 26.3. The molecule has 5 heterocycles. The van der Waals surface area contributed by atoms with Crippen molar-refractivity contribution >= 4 is 35.9 Å². The minimum atomic E-state index is -1.33. The predicted molar refractivity (Wildman–Crippen MR) is 233 cm³/mol. The van der Waals surface area contributed by atoms with Crippen LogP contribution < -0.4 is 4.57 Å². The molecule has 0 radical (unpaired) electrons. The zero-order valence-electron chi connectivity index (χ0n) is 34.2. The third kappa shape index (κ3) is 6.65. The average molecular weight is 744 g/mol. The lowest BCUT2D eigenvalue weighted by molar-refractivity contribution is -0.682. The first kappa shape index (κ1) is 37.1. The number of rotatable bonds is 7. The predicted octanol–water partition coefficient (Wildman–Crippen LogP) is 12.0. The highest BCUT2D eigenvalue weighted by atomic mass is 28.3. The molecule has 0 spiro atoms. The van der Waals surface area contributed by atoms with Crippen LogP contribution in [0.1, 0.15) is 72.4 Å². The molecule has 3 atom stereocenters. The minimum Gasteiger partial charge on any atom is -0.437 e. The van der Waals surface area contributed by atoms with E-state index in [4.69, 9.17) is 16.0 Å². The minimum absolute atomic E-state index is 0.165. The lowest BCUT2D eigenvalue weighted by atomic mass is 9.76. The topological polar surface area (TPSA) is 32.9 Å². The molecule has 0 bridgehead atoms. The van der Waals surface area contributed by atoms with Gasteiger partial charge < -0.3 is 4.42 Å². The largest absolute Gasteiger partial charge is 0.437 e. The number of benzene rings is 3. The lowest BCUT2D eigenvalue weighted by Gasteiger charge is -2.34. The fourth-order valence-electron chi connectivity index (χ4n) is 9.31. The normalized spacial score (nSPS) is 17.9. The summed E-state index contributed by atoms with van der Waals surface area (Å²) in [6, 6.07) is 30.7. The van der Waals surface area contributed by atoms with Crippen LogP contribution in [-0.4, -0.2) is 35.9 Å². The SMILES string of the molecule is C=CC1=[N+](CC[Si](C)(C)C)C2C(=C)C[n+]3ccc(C(C)C(C)C)cc3-c3c(ccc4c3oc3nc(-c5c(C)cccc5C)ccc34)CCC2c2ccccc21. The van der Waals surface area contributed by atoms with Crippen molar-refractivity contribution in [2.75, 3.05) is 6.54 Å². The molecular formula is C50H57N3OSi+2. The Hall–Kier alpha value is -4.87. The molecule has 0 N–H and O–H groups in total. The van der Waals surface area contributed by atoms with E-state index in [1.54, 1.807) is 0 Å². The van der Waals surface area contributed by atoms with Crippen molar-refractivity contribution in [3.05, 3.63) is 143 Å². The summed E-state index contributed by atoms with van der Waals surface area (Å²) in [5.41, 5.74) is 16.4. The van der Waals surface area contributed by atoms with Gasteiger partial charge in [-0.15, -0.1) is 0 Å². The van der Waals surface area contributed by atoms with Gasteiger partial charge in [-0.05, 0) is 84.5 Å². The van der Waals surface area contributed by atoms with Gasteiger partial charge in [0.2, 0.25) is 17.1 Å². The van der Waals surface area contributed by atoms with Gasteiger partial charge in [-0.1, -0.05) is 102 Å². The molecule has 0 amide bonds. The first-order valence-corrected chi connectivity index (χ1v) is 24.0. The lowest BCUT2D eigenvalue weighted by Crippen LogP contribution is -2.48. The number of aromatic nitrogens is 2. The summed E-state index contributed by atoms with van der Waals surface area (Å²) in [6.07, 6.45) is 6.33. The second-order valence-corrected chi connectivity index (χ2v) is 23.5. The molecule has 0 saturated carbocycles. The monoisotopic (exact) mass is 743 g/mol. The summed E-state index contributed by atoms with van der Waals surface area (Å²) in [5.74, 6) is 1.21. The van der Waals surface area contributed by atoms with Gasteiger partial charge in [0.25, 0.3) is 0 Å². The number of hydrogen-bond donors (Lipinski definition) is 0. The molecule has 0 saturated heterocycles. The maximum absolute atomic E-state index is 7.00. The van der Waals surface area contributed by atoms with E-state index in [2.05, 4.69) is 161 Å². The number of nitrogens with zero attached hydrogens (tertiary/aromatic N) is 3. The van der Waals surface area contributed by atoms with E-state index in [1.165, 1.54) is 67.5 Å². The fourth-order valence-corrected chi connectivity index (χ4v) is 10.2. The molecule has 55 heavy (non-hydrogen) atoms. The molecule has 3 aromatic carbocycles. The van der Waals surface area contributed by atoms with Gasteiger partial charge in [0.1, 0.15) is 6.54 Å². The van der Waals surface area contributed by atoms with Crippen LogP contribution in [-0.2, 0) is 13.0 Å². The molecule has 2 aliphatic heterocycles. The third-order valence-corrected chi connectivity index (χ3v) is 14.4. The van der Waals surface area contributed by atoms with Crippen molar-refractivity contribution < 1.29 is 13.6 Å². The first-order valence-electron chi connectivity index (χ1n) is 20.3. The number of allylic oxidation sites excluding steroid dienone is 1. The number of aryl methyl sites for hydroxylation is 3. The third-order valence-electron chi connectivity index (χ3n) is 12.6. The van der Waals surface area contributed by atoms with Crippen LogP contribution in [0.2, 0.25) is 25.7 Å². The van der Waals surface area contributed by atoms with Crippen LogP contribution in [0.25, 0.3) is 44.6 Å². The van der Waals surface area contributed by atoms with Crippen LogP contribution in [0, 0.1) is 19.8 Å². The summed E-state index contributed by atoms with van der Waals surface area (Å²) in [7, 11) is -1.33. The Morgan fingerprint density at radius 2 is 1.65 bits per heavy atom. The van der Waals surface area contributed by atoms with Crippen molar-refractivity contribution in [1.82, 2.24) is 4.98 Å². The van der Waals surface area contributed by atoms with Gasteiger partial charge in [0, 0.05) is 46.2 Å². The van der Waals surface area contributed by atoms with Crippen molar-refractivity contribution in [2.24, 2.45) is 5.92 Å². The highest BCUT2D eigenvalue weighted by Crippen LogP contribution is 2.43. The number of pyridine rings is 2. The second kappa shape index (κ2) is 14.3. The Morgan fingerprint density at radius 3 is 2.38 bits per heavy atom. The van der Waals surface area contributed by atoms with Crippen molar-refractivity contribution in [3.63, 3.8) is 0 Å². The van der Waals surface area contributed by atoms with Gasteiger partial charge in [-0.25, -0.2) is 9.56 Å². The van der Waals surface area contributed by atoms with Crippen LogP contribution in [0.15, 0.2) is 114 Å². The second-order valence-electron chi connectivity index (χ2n) is 17.8. The van der Waals surface area contributed by atoms with E-state index < -0.39 is 8.07 Å². The summed E-state index contributed by atoms with van der Waals surface area (Å²) < 4.78 is 12.1. The van der Waals surface area contributed by atoms with Crippen LogP contribution in [0.5, 0.6) is 0 Å². The van der Waals surface area contributed by atoms with Gasteiger partial charge in [0.05, 0.1) is 30.8 Å². The Kier molecular flexibility index (Phi) is 9.65. The highest BCUT2D eigenvalue weighted by molar-refractivity contribution is 6.76. The summed E-state index contributed by atoms with van der Waals surface area (Å²) >= 11 is 0. The van der Waals surface area contributed by atoms with Crippen molar-refractivity contribution in [2.45, 2.75) is 97.6 Å². The number of hydrogen-bond acceptors (Lipinski definition) is 2. The van der Waals surface area contributed by atoms with Gasteiger partial charge in [0.15, 0.2) is 24.4 Å². The molecule has 2 aliphatic rings. The highest BCUT2D eigenvalue weighted by Gasteiger charge is 2.44. The van der Waals surface area contributed by atoms with Gasteiger partial charge in [-0.3, -0.25) is 0 Å². The molecule has 6 aromatic rings. The standard InChI is InChI=1S/C50H57N3OSi/c1-11-44-39-18-13-12-17-38(39)40-21-19-36-20-22-41-42-23-24-43(46-32(4)15-14-16-33(46)5)51-50(42)54-49(41)47(36)45-29-37(35(7)31(2)3)25-26-52(45)30-34(6)48(40)53(44)27-28-55(8,9)10/h11-18,20,22-26,29,31,35,40,48H,1,6,19,21,27-28,30H2,2-5,7-10H3/q+2. The number of furan rings is 1. The zero-order valence-corrected chi connectivity index (χ0v) is 35.2. The Bertz CT molecular complexity index is 2510. The summed E-state index contributed by atoms with van der Waals surface area (Å²) in [6.45, 7) is 29.8. The maximum atomic E-state index is 7.00. The Morgan fingerprint density at radius 1 is 0.909 bits per heavy atom. The number of fused-ring (bicyclic) bond motifs is 10. The van der Waals surface area contributed by atoms with Crippen molar-refractivity contribution in [1.29, 1.82) is 0 Å². The van der Waals surface area contributed by atoms with E-state index in [0.29, 0.717) is 24.1 Å². The Labute approximate surface area is 329 Å². The van der Waals surface area contributed by atoms with Crippen LogP contribution >= 0.6 is 0 Å². The van der Waals surface area contributed by atoms with Gasteiger partial charge >= 0.3 is 0 Å². The summed E-state index contributed by atoms with van der Waals surface area (Å²) in [4.78, 5) is 5.20. The molecule has 5 heteroatoms. The smallest absolute Gasteiger partial charge is 0.227 e. The molecule has 3 aromatic heterocycles. The van der Waals surface area contributed by atoms with E-state index in [9.17, 15) is 0 Å². The molecule has 8 rings (SSSR count). The van der Waals surface area contributed by atoms with E-state index in [-0.39, 0.29) is 12.0 Å². The fraction of sp³-hybridized carbons (Fsp3) is 0.340. The average Bonchev–Trinajstić information content (AvgIpc) is 3.52. The molecule has 0 fully saturated rings. The molecule has 280 valence electrons. The van der Waals surface area contributed by atoms with Crippen LogP contribution in [0.3, 0.4) is 0 Å². The van der Waals surface area contributed by atoms with E-state index in [1.807, 2.05) is 0 Å². The van der Waals surface area contributed by atoms with Crippen molar-refractivity contribution in [3.8, 4) is 22.5 Å². The zero-order chi connectivity index (χ0) is 38.8. The van der Waals surface area contributed by atoms with Gasteiger partial charge in [-0.2, -0.15) is 4.57 Å². The van der Waals surface area contributed by atoms with E-state index in [0.717, 1.165) is 41.4 Å². The quantitative estimate of drug-likeness (QED) is 0.0927. The molecule has 0 aliphatic carbocycles. The molecule has 4 nitrogen and oxygen atoms in total. The maximum Gasteiger partial charge on any atom is 0.227 e. The Balaban J connectivity index is 1.35.